The second-order valence-electron chi connectivity index (χ2n) is 12.0. The van der Waals surface area contributed by atoms with Crippen molar-refractivity contribution >= 4 is 40.8 Å². The van der Waals surface area contributed by atoms with E-state index in [1.54, 1.807) is 0 Å². The third kappa shape index (κ3) is 5.03. The summed E-state index contributed by atoms with van der Waals surface area (Å²) < 4.78 is 6.21. The van der Waals surface area contributed by atoms with E-state index in [4.69, 9.17) is 27.9 Å². The van der Waals surface area contributed by atoms with Crippen LogP contribution in [0.5, 0.6) is 0 Å². The summed E-state index contributed by atoms with van der Waals surface area (Å²) in [6.45, 7) is 6.20. The maximum atomic E-state index is 13.0. The fourth-order valence-electron chi connectivity index (χ4n) is 8.11. The van der Waals surface area contributed by atoms with Crippen molar-refractivity contribution in [3.8, 4) is 0 Å². The summed E-state index contributed by atoms with van der Waals surface area (Å²) in [5, 5.41) is 3.18. The van der Waals surface area contributed by atoms with E-state index in [1.807, 2.05) is 24.3 Å². The minimum Gasteiger partial charge on any atom is -0.462 e. The molecule has 6 atom stereocenters. The smallest absolute Gasteiger partial charge is 0.310 e. The average molecular weight is 548 g/mol. The molecule has 7 heteroatoms. The molecule has 1 aromatic carbocycles. The lowest BCUT2D eigenvalue weighted by Gasteiger charge is -2.56. The Morgan fingerprint density at radius 3 is 2.49 bits per heavy atom. The van der Waals surface area contributed by atoms with E-state index in [1.165, 1.54) is 0 Å². The predicted molar refractivity (Wildman–Crippen MR) is 149 cm³/mol. The maximum absolute atomic E-state index is 13.0. The van der Waals surface area contributed by atoms with Crippen LogP contribution < -0.4 is 10.2 Å². The van der Waals surface area contributed by atoms with Crippen LogP contribution in [0.4, 0.5) is 5.69 Å². The van der Waals surface area contributed by atoms with E-state index in [0.717, 1.165) is 68.6 Å². The van der Waals surface area contributed by atoms with Gasteiger partial charge in [-0.15, -0.1) is 23.2 Å². The molecule has 202 valence electrons. The Hall–Kier alpha value is -1.72. The number of anilines is 1. The normalized spacial score (nSPS) is 34.5. The Labute approximate surface area is 231 Å². The maximum Gasteiger partial charge on any atom is 0.310 e. The van der Waals surface area contributed by atoms with Gasteiger partial charge in [0.15, 0.2) is 0 Å². The number of piperidine rings is 1. The van der Waals surface area contributed by atoms with E-state index in [-0.39, 0.29) is 28.8 Å². The molecule has 0 spiro atoms. The molecule has 0 bridgehead atoms. The number of hydrogen-bond donors (Lipinski definition) is 1. The number of alkyl halides is 2. The number of allylic oxidation sites excluding steroid dienone is 2. The Kier molecular flexibility index (Phi) is 7.85. The fourth-order valence-corrected chi connectivity index (χ4v) is 8.51. The van der Waals surface area contributed by atoms with Gasteiger partial charge in [0.1, 0.15) is 6.10 Å². The van der Waals surface area contributed by atoms with Gasteiger partial charge in [-0.25, -0.2) is 0 Å². The number of ether oxygens (including phenoxy) is 1. The molecular weight excluding hydrogens is 507 g/mol. The standard InChI is InChI=1S/C30H40Cl2N2O3/c1-29-14-12-27(35)33-25(29)9-7-22-23-8-10-26(30(23,2)13-11-24(22)29)37-28(36)19-20-3-5-21(6-4-20)34(17-15-31)18-16-32/h3-6,9,22-24,26H,7-8,10-19H2,1-2H3,(H,33,35)/t22-,23-,24-,26-,29+,30-/m0/s1. The highest BCUT2D eigenvalue weighted by Gasteiger charge is 2.59. The summed E-state index contributed by atoms with van der Waals surface area (Å²) in [6, 6.07) is 8.09. The molecule has 0 aromatic heterocycles. The molecule has 0 radical (unpaired) electrons. The number of benzene rings is 1. The molecule has 5 rings (SSSR count). The van der Waals surface area contributed by atoms with E-state index in [0.29, 0.717) is 42.4 Å². The van der Waals surface area contributed by atoms with Gasteiger partial charge in [0, 0.05) is 53.5 Å². The van der Waals surface area contributed by atoms with Gasteiger partial charge < -0.3 is 15.0 Å². The number of rotatable bonds is 8. The highest BCUT2D eigenvalue weighted by atomic mass is 35.5. The number of halogens is 2. The van der Waals surface area contributed by atoms with Gasteiger partial charge in [-0.2, -0.15) is 0 Å². The second kappa shape index (κ2) is 10.8. The van der Waals surface area contributed by atoms with Gasteiger partial charge in [-0.05, 0) is 74.0 Å². The van der Waals surface area contributed by atoms with Crippen molar-refractivity contribution < 1.29 is 14.3 Å². The van der Waals surface area contributed by atoms with Crippen LogP contribution in [0.25, 0.3) is 0 Å². The second-order valence-corrected chi connectivity index (χ2v) is 12.8. The first kappa shape index (κ1) is 26.9. The van der Waals surface area contributed by atoms with Gasteiger partial charge in [0.05, 0.1) is 6.42 Å². The lowest BCUT2D eigenvalue weighted by atomic mass is 9.50. The number of carbonyl (C=O) groups excluding carboxylic acids is 2. The van der Waals surface area contributed by atoms with E-state index in [2.05, 4.69) is 30.1 Å². The van der Waals surface area contributed by atoms with Crippen LogP contribution in [0, 0.1) is 28.6 Å². The molecule has 1 amide bonds. The Balaban J connectivity index is 1.22. The first-order valence-corrected chi connectivity index (χ1v) is 15.0. The first-order valence-electron chi connectivity index (χ1n) is 13.9. The van der Waals surface area contributed by atoms with Crippen molar-refractivity contribution in [1.29, 1.82) is 0 Å². The van der Waals surface area contributed by atoms with Crippen molar-refractivity contribution in [2.75, 3.05) is 29.7 Å². The van der Waals surface area contributed by atoms with E-state index < -0.39 is 0 Å². The Morgan fingerprint density at radius 2 is 1.78 bits per heavy atom. The zero-order chi connectivity index (χ0) is 26.2. The molecular formula is C30H40Cl2N2O3. The summed E-state index contributed by atoms with van der Waals surface area (Å²) in [5.74, 6) is 2.87. The molecule has 2 saturated carbocycles. The Morgan fingerprint density at radius 1 is 1.05 bits per heavy atom. The van der Waals surface area contributed by atoms with Gasteiger partial charge >= 0.3 is 5.97 Å². The van der Waals surface area contributed by atoms with Crippen LogP contribution in [0.15, 0.2) is 36.0 Å². The minimum atomic E-state index is -0.132. The van der Waals surface area contributed by atoms with Gasteiger partial charge in [0.2, 0.25) is 5.91 Å². The van der Waals surface area contributed by atoms with Gasteiger partial charge in [-0.1, -0.05) is 32.1 Å². The monoisotopic (exact) mass is 546 g/mol. The third-order valence-corrected chi connectivity index (χ3v) is 10.5. The summed E-state index contributed by atoms with van der Waals surface area (Å²) in [5.41, 5.74) is 3.30. The van der Waals surface area contributed by atoms with Crippen molar-refractivity contribution in [3.63, 3.8) is 0 Å². The lowest BCUT2D eigenvalue weighted by Crippen LogP contribution is -2.54. The van der Waals surface area contributed by atoms with Crippen LogP contribution >= 0.6 is 23.2 Å². The first-order chi connectivity index (χ1) is 17.8. The molecule has 4 aliphatic rings. The van der Waals surface area contributed by atoms with Crippen LogP contribution in [0.2, 0.25) is 0 Å². The molecule has 3 aliphatic carbocycles. The van der Waals surface area contributed by atoms with Crippen LogP contribution in [-0.2, 0) is 20.7 Å². The molecule has 0 unspecified atom stereocenters. The fraction of sp³-hybridized carbons (Fsp3) is 0.667. The topological polar surface area (TPSA) is 58.6 Å². The molecule has 5 nitrogen and oxygen atoms in total. The van der Waals surface area contributed by atoms with E-state index >= 15 is 0 Å². The van der Waals surface area contributed by atoms with Crippen molar-refractivity contribution in [1.82, 2.24) is 5.32 Å². The highest BCUT2D eigenvalue weighted by molar-refractivity contribution is 6.18. The van der Waals surface area contributed by atoms with Crippen molar-refractivity contribution in [3.05, 3.63) is 41.6 Å². The van der Waals surface area contributed by atoms with Crippen molar-refractivity contribution in [2.24, 2.45) is 28.6 Å². The number of fused-ring (bicyclic) bond motifs is 5. The predicted octanol–water partition coefficient (Wildman–Crippen LogP) is 6.07. The van der Waals surface area contributed by atoms with Crippen LogP contribution in [-0.4, -0.2) is 42.8 Å². The number of carbonyl (C=O) groups is 2. The highest BCUT2D eigenvalue weighted by Crippen LogP contribution is 2.64. The molecule has 3 fully saturated rings. The zero-order valence-electron chi connectivity index (χ0n) is 22.1. The molecule has 1 aliphatic heterocycles. The van der Waals surface area contributed by atoms with Crippen molar-refractivity contribution in [2.45, 2.75) is 71.3 Å². The summed E-state index contributed by atoms with van der Waals surface area (Å²) >= 11 is 11.9. The molecule has 1 saturated heterocycles. The lowest BCUT2D eigenvalue weighted by molar-refractivity contribution is -0.158. The zero-order valence-corrected chi connectivity index (χ0v) is 23.6. The average Bonchev–Trinajstić information content (AvgIpc) is 3.20. The molecule has 1 N–H and O–H groups in total. The SMILES string of the molecule is C[C@]12CC[C@H]3[C@@H](CC=C4NC(=O)CC[C@@]43C)[C@@H]1CC[C@@H]2OC(=O)Cc1ccc(N(CCCl)CCCl)cc1. The third-order valence-electron chi connectivity index (χ3n) is 10.2. The van der Waals surface area contributed by atoms with E-state index in [9.17, 15) is 9.59 Å². The quantitative estimate of drug-likeness (QED) is 0.317. The molecule has 1 aromatic rings. The molecule has 37 heavy (non-hydrogen) atoms. The van der Waals surface area contributed by atoms with Gasteiger partial charge in [0.25, 0.3) is 0 Å². The minimum absolute atomic E-state index is 0.0163. The Bertz CT molecular complexity index is 1040. The van der Waals surface area contributed by atoms with Crippen LogP contribution in [0.3, 0.4) is 0 Å². The summed E-state index contributed by atoms with van der Waals surface area (Å²) in [6.07, 6.45) is 9.45. The summed E-state index contributed by atoms with van der Waals surface area (Å²) in [4.78, 5) is 27.2. The van der Waals surface area contributed by atoms with Gasteiger partial charge in [-0.3, -0.25) is 9.59 Å². The number of hydrogen-bond acceptors (Lipinski definition) is 4. The number of esters is 1. The largest absolute Gasteiger partial charge is 0.462 e. The molecule has 1 heterocycles. The van der Waals surface area contributed by atoms with Crippen LogP contribution in [0.1, 0.15) is 64.4 Å². The summed E-state index contributed by atoms with van der Waals surface area (Å²) in [7, 11) is 0. The number of nitrogens with zero attached hydrogens (tertiary/aromatic N) is 1. The number of nitrogens with one attached hydrogen (secondary N) is 1. The number of amides is 1.